The van der Waals surface area contributed by atoms with E-state index in [1.54, 1.807) is 19.1 Å². The molecule has 0 spiro atoms. The van der Waals surface area contributed by atoms with E-state index >= 15 is 8.78 Å². The Morgan fingerprint density at radius 1 is 1.10 bits per heavy atom. The number of unbranched alkanes of at least 4 members (excludes halogenated alkanes) is 2. The number of hydrogen-bond donors (Lipinski definition) is 0. The fourth-order valence-corrected chi connectivity index (χ4v) is 4.80. The molecule has 0 aliphatic rings. The Morgan fingerprint density at radius 2 is 1.82 bits per heavy atom. The molecule has 0 amide bonds. The summed E-state index contributed by atoms with van der Waals surface area (Å²) in [6.07, 6.45) is 10.9. The summed E-state index contributed by atoms with van der Waals surface area (Å²) in [5, 5.41) is 9.10. The molecule has 208 valence electrons. The van der Waals surface area contributed by atoms with E-state index in [4.69, 9.17) is 15.0 Å². The number of rotatable bonds is 13. The molecule has 3 rings (SSSR count). The van der Waals surface area contributed by atoms with E-state index in [2.05, 4.69) is 19.9 Å². The first-order valence-electron chi connectivity index (χ1n) is 14.1. The van der Waals surface area contributed by atoms with Gasteiger partial charge in [0, 0.05) is 24.8 Å². The third-order valence-corrected chi connectivity index (χ3v) is 6.91. The van der Waals surface area contributed by atoms with Crippen LogP contribution in [0.3, 0.4) is 0 Å². The fraction of sp³-hybridized carbons (Fsp3) is 0.455. The van der Waals surface area contributed by atoms with Gasteiger partial charge in [0.2, 0.25) is 0 Å². The van der Waals surface area contributed by atoms with E-state index in [0.29, 0.717) is 35.5 Å². The first-order valence-corrected chi connectivity index (χ1v) is 14.1. The molecule has 0 bridgehead atoms. The number of benzene rings is 1. The molecule has 0 fully saturated rings. The number of fused-ring (bicyclic) bond motifs is 1. The number of pyridine rings is 1. The Bertz CT molecular complexity index is 1350. The minimum absolute atomic E-state index is 0.00529. The van der Waals surface area contributed by atoms with Gasteiger partial charge in [0.15, 0.2) is 0 Å². The van der Waals surface area contributed by atoms with Crippen LogP contribution in [0.25, 0.3) is 22.5 Å². The molecule has 2 heterocycles. The fourth-order valence-electron chi connectivity index (χ4n) is 4.80. The highest BCUT2D eigenvalue weighted by atomic mass is 19.1. The van der Waals surface area contributed by atoms with Crippen LogP contribution in [0.2, 0.25) is 0 Å². The molecule has 3 aromatic rings. The number of nitrogens with zero attached hydrogens (tertiary/aromatic N) is 3. The smallest absolute Gasteiger partial charge is 0.137 e. The topological polar surface area (TPSA) is 50.3 Å². The van der Waals surface area contributed by atoms with Gasteiger partial charge in [-0.2, -0.15) is 5.26 Å². The van der Waals surface area contributed by atoms with Gasteiger partial charge >= 0.3 is 0 Å². The van der Waals surface area contributed by atoms with Crippen LogP contribution in [0.4, 0.5) is 8.78 Å². The number of ether oxygens (including phenoxy) is 1. The number of halogens is 2. The molecule has 1 unspecified atom stereocenters. The molecule has 0 N–H and O–H groups in total. The summed E-state index contributed by atoms with van der Waals surface area (Å²) in [6.45, 7) is 12.5. The van der Waals surface area contributed by atoms with Crippen LogP contribution >= 0.6 is 0 Å². The minimum atomic E-state index is -0.657. The van der Waals surface area contributed by atoms with Crippen LogP contribution in [0.5, 0.6) is 0 Å². The van der Waals surface area contributed by atoms with Crippen molar-refractivity contribution in [3.8, 4) is 17.3 Å². The van der Waals surface area contributed by atoms with Gasteiger partial charge in [-0.1, -0.05) is 53.0 Å². The molecule has 0 saturated carbocycles. The van der Waals surface area contributed by atoms with Crippen molar-refractivity contribution in [2.24, 2.45) is 5.92 Å². The number of aryl methyl sites for hydroxylation is 1. The van der Waals surface area contributed by atoms with E-state index in [9.17, 15) is 0 Å². The second kappa shape index (κ2) is 14.2. The molecule has 2 aromatic heterocycles. The molecule has 0 aliphatic carbocycles. The van der Waals surface area contributed by atoms with Crippen molar-refractivity contribution < 1.29 is 13.5 Å². The van der Waals surface area contributed by atoms with E-state index in [0.717, 1.165) is 48.9 Å². The van der Waals surface area contributed by atoms with Crippen LogP contribution in [0, 0.1) is 35.8 Å². The first kappa shape index (κ1) is 30.2. The van der Waals surface area contributed by atoms with Crippen molar-refractivity contribution in [3.05, 3.63) is 76.6 Å². The lowest BCUT2D eigenvalue weighted by Gasteiger charge is -2.19. The number of hydrogen-bond acceptors (Lipinski definition) is 3. The number of allylic oxidation sites excluding steroid dienone is 4. The first-order chi connectivity index (χ1) is 18.7. The third-order valence-electron chi connectivity index (χ3n) is 6.91. The maximum absolute atomic E-state index is 15.8. The van der Waals surface area contributed by atoms with Crippen LogP contribution in [0.15, 0.2) is 48.2 Å². The van der Waals surface area contributed by atoms with E-state index in [1.807, 2.05) is 43.5 Å². The highest BCUT2D eigenvalue weighted by molar-refractivity contribution is 5.74. The SMILES string of the molecule is CCCCCC(Cc1c(-c2c(F)cc(/C(=C/C=C(\C)C#N)C(C)C)cc2F)nc2cc(C)ccn12)OCCC. The maximum atomic E-state index is 15.8. The van der Waals surface area contributed by atoms with Gasteiger partial charge < -0.3 is 9.14 Å². The molecular formula is C33H41F2N3O. The van der Waals surface area contributed by atoms with Crippen LogP contribution in [-0.4, -0.2) is 22.1 Å². The molecule has 39 heavy (non-hydrogen) atoms. The molecular weight excluding hydrogens is 492 g/mol. The summed E-state index contributed by atoms with van der Waals surface area (Å²) in [7, 11) is 0. The summed E-state index contributed by atoms with van der Waals surface area (Å²) < 4.78 is 39.8. The van der Waals surface area contributed by atoms with Gasteiger partial charge in [0.25, 0.3) is 0 Å². The van der Waals surface area contributed by atoms with E-state index in [-0.39, 0.29) is 17.6 Å². The van der Waals surface area contributed by atoms with Crippen LogP contribution in [0.1, 0.15) is 83.5 Å². The van der Waals surface area contributed by atoms with Crippen molar-refractivity contribution in [2.45, 2.75) is 86.2 Å². The van der Waals surface area contributed by atoms with E-state index in [1.165, 1.54) is 12.1 Å². The predicted molar refractivity (Wildman–Crippen MR) is 155 cm³/mol. The van der Waals surface area contributed by atoms with Gasteiger partial charge in [-0.3, -0.25) is 0 Å². The standard InChI is InChI=1S/C33H41F2N3O/c1-7-9-10-11-26(39-16-8-2)20-30-33(37-31-17-23(5)14-15-38(30)31)32-28(34)18-25(19-29(32)35)27(22(3)4)13-12-24(6)21-36/h12-15,17-19,22,26H,7-11,16,20H2,1-6H3/b24-12+,27-13+. The lowest BCUT2D eigenvalue weighted by Crippen LogP contribution is -2.18. The summed E-state index contributed by atoms with van der Waals surface area (Å²) in [6, 6.07) is 8.75. The third kappa shape index (κ3) is 7.64. The Balaban J connectivity index is 2.14. The number of aromatic nitrogens is 2. The summed E-state index contributed by atoms with van der Waals surface area (Å²) in [5.74, 6) is -1.31. The largest absolute Gasteiger partial charge is 0.378 e. The Labute approximate surface area is 232 Å². The predicted octanol–water partition coefficient (Wildman–Crippen LogP) is 9.02. The summed E-state index contributed by atoms with van der Waals surface area (Å²) in [5.41, 5.74) is 4.36. The van der Waals surface area contributed by atoms with Gasteiger partial charge in [-0.05, 0) is 79.6 Å². The second-order valence-corrected chi connectivity index (χ2v) is 10.6. The van der Waals surface area contributed by atoms with Gasteiger partial charge in [0.1, 0.15) is 17.3 Å². The van der Waals surface area contributed by atoms with Crippen molar-refractivity contribution in [1.82, 2.24) is 9.38 Å². The lowest BCUT2D eigenvalue weighted by molar-refractivity contribution is 0.0458. The minimum Gasteiger partial charge on any atom is -0.378 e. The average molecular weight is 534 g/mol. The number of imidazole rings is 1. The monoisotopic (exact) mass is 533 g/mol. The van der Waals surface area contributed by atoms with Crippen molar-refractivity contribution >= 4 is 11.2 Å². The average Bonchev–Trinajstić information content (AvgIpc) is 3.23. The van der Waals surface area contributed by atoms with Gasteiger partial charge in [0.05, 0.1) is 29.1 Å². The molecule has 1 aromatic carbocycles. The molecule has 0 radical (unpaired) electrons. The summed E-state index contributed by atoms with van der Waals surface area (Å²) in [4.78, 5) is 4.74. The zero-order chi connectivity index (χ0) is 28.5. The molecule has 4 nitrogen and oxygen atoms in total. The summed E-state index contributed by atoms with van der Waals surface area (Å²) >= 11 is 0. The zero-order valence-electron chi connectivity index (χ0n) is 24.2. The molecule has 0 saturated heterocycles. The highest BCUT2D eigenvalue weighted by Crippen LogP contribution is 2.35. The Morgan fingerprint density at radius 3 is 2.44 bits per heavy atom. The van der Waals surface area contributed by atoms with Crippen molar-refractivity contribution in [2.75, 3.05) is 6.61 Å². The Kier molecular flexibility index (Phi) is 11.0. The highest BCUT2D eigenvalue weighted by Gasteiger charge is 2.25. The van der Waals surface area contributed by atoms with Crippen LogP contribution < -0.4 is 0 Å². The van der Waals surface area contributed by atoms with E-state index < -0.39 is 11.6 Å². The van der Waals surface area contributed by atoms with Crippen LogP contribution in [-0.2, 0) is 11.2 Å². The normalized spacial score (nSPS) is 13.3. The van der Waals surface area contributed by atoms with Crippen molar-refractivity contribution in [3.63, 3.8) is 0 Å². The van der Waals surface area contributed by atoms with Gasteiger partial charge in [-0.25, -0.2) is 13.8 Å². The molecule has 1 atom stereocenters. The van der Waals surface area contributed by atoms with Crippen molar-refractivity contribution in [1.29, 1.82) is 5.26 Å². The molecule has 0 aliphatic heterocycles. The van der Waals surface area contributed by atoms with Gasteiger partial charge in [-0.15, -0.1) is 0 Å². The lowest BCUT2D eigenvalue weighted by atomic mass is 9.92. The second-order valence-electron chi connectivity index (χ2n) is 10.6. The maximum Gasteiger partial charge on any atom is 0.137 e. The zero-order valence-corrected chi connectivity index (χ0v) is 24.2. The Hall–Kier alpha value is -3.30. The number of nitriles is 1. The quantitative estimate of drug-likeness (QED) is 0.125. The molecule has 6 heteroatoms.